The number of nitrogens with zero attached hydrogens (tertiary/aromatic N) is 2. The van der Waals surface area contributed by atoms with Gasteiger partial charge in [-0.15, -0.1) is 0 Å². The molecule has 1 aromatic rings. The Morgan fingerprint density at radius 1 is 1.32 bits per heavy atom. The van der Waals surface area contributed by atoms with Gasteiger partial charge < -0.3 is 20.3 Å². The quantitative estimate of drug-likeness (QED) is 0.825. The maximum atomic E-state index is 12.3. The van der Waals surface area contributed by atoms with E-state index in [2.05, 4.69) is 29.5 Å². The van der Waals surface area contributed by atoms with Crippen LogP contribution < -0.4 is 10.6 Å². The van der Waals surface area contributed by atoms with Crippen molar-refractivity contribution in [2.75, 3.05) is 31.6 Å². The molecule has 1 aromatic heterocycles. The molecule has 7 heteroatoms. The molecule has 0 aromatic carbocycles. The van der Waals surface area contributed by atoms with Crippen LogP contribution in [0.3, 0.4) is 0 Å². The predicted molar refractivity (Wildman–Crippen MR) is 96.6 cm³/mol. The van der Waals surface area contributed by atoms with Gasteiger partial charge in [-0.3, -0.25) is 4.79 Å². The molecule has 0 radical (unpaired) electrons. The summed E-state index contributed by atoms with van der Waals surface area (Å²) in [7, 11) is 0. The van der Waals surface area contributed by atoms with Gasteiger partial charge >= 0.3 is 6.09 Å². The van der Waals surface area contributed by atoms with Crippen LogP contribution in [0.1, 0.15) is 44.0 Å². The molecule has 0 saturated carbocycles. The Morgan fingerprint density at radius 2 is 2.04 bits per heavy atom. The van der Waals surface area contributed by atoms with Crippen molar-refractivity contribution < 1.29 is 14.3 Å². The molecule has 2 rings (SSSR count). The fourth-order valence-electron chi connectivity index (χ4n) is 2.63. The smallest absolute Gasteiger partial charge is 0.409 e. The zero-order valence-electron chi connectivity index (χ0n) is 15.2. The van der Waals surface area contributed by atoms with Crippen molar-refractivity contribution in [1.29, 1.82) is 0 Å². The highest BCUT2D eigenvalue weighted by atomic mass is 16.6. The number of carbonyl (C=O) groups is 2. The molecule has 0 aliphatic carbocycles. The number of pyridine rings is 1. The van der Waals surface area contributed by atoms with Gasteiger partial charge in [0.05, 0.1) is 12.2 Å². The van der Waals surface area contributed by atoms with E-state index in [9.17, 15) is 9.59 Å². The molecule has 138 valence electrons. The Labute approximate surface area is 149 Å². The van der Waals surface area contributed by atoms with Gasteiger partial charge in [0.25, 0.3) is 5.91 Å². The highest BCUT2D eigenvalue weighted by Gasteiger charge is 2.24. The molecule has 1 aliphatic rings. The van der Waals surface area contributed by atoms with Crippen LogP contribution in [0, 0.1) is 5.92 Å². The number of rotatable bonds is 6. The van der Waals surface area contributed by atoms with Crippen LogP contribution in [0.5, 0.6) is 0 Å². The third-order valence-electron chi connectivity index (χ3n) is 4.07. The minimum atomic E-state index is -0.277. The Balaban J connectivity index is 1.79. The standard InChI is InChI=1S/C18H28N4O3/c1-4-25-18(24)22-9-7-15(8-10-22)21-17(23)14-5-6-16(20-12-14)19-11-13(2)3/h5-6,12-13,15H,4,7-11H2,1-3H3,(H,19,20)(H,21,23). The molecule has 2 heterocycles. The molecular weight excluding hydrogens is 320 g/mol. The van der Waals surface area contributed by atoms with Crippen LogP contribution in [0.15, 0.2) is 18.3 Å². The van der Waals surface area contributed by atoms with Crippen molar-refractivity contribution in [3.8, 4) is 0 Å². The third-order valence-corrected chi connectivity index (χ3v) is 4.07. The van der Waals surface area contributed by atoms with Gasteiger partial charge in [-0.25, -0.2) is 9.78 Å². The number of hydrogen-bond acceptors (Lipinski definition) is 5. The van der Waals surface area contributed by atoms with E-state index in [1.807, 2.05) is 6.07 Å². The Hall–Kier alpha value is -2.31. The normalized spacial score (nSPS) is 15.1. The Morgan fingerprint density at radius 3 is 2.60 bits per heavy atom. The molecule has 0 unspecified atom stereocenters. The van der Waals surface area contributed by atoms with Gasteiger partial charge in [-0.05, 0) is 37.8 Å². The molecule has 2 amide bonds. The lowest BCUT2D eigenvalue weighted by atomic mass is 10.0. The highest BCUT2D eigenvalue weighted by Crippen LogP contribution is 2.13. The SMILES string of the molecule is CCOC(=O)N1CCC(NC(=O)c2ccc(NCC(C)C)nc2)CC1. The summed E-state index contributed by atoms with van der Waals surface area (Å²) in [6.07, 6.45) is 2.77. The van der Waals surface area contributed by atoms with Crippen molar-refractivity contribution in [3.05, 3.63) is 23.9 Å². The van der Waals surface area contributed by atoms with Crippen LogP contribution >= 0.6 is 0 Å². The number of nitrogens with one attached hydrogen (secondary N) is 2. The number of ether oxygens (including phenoxy) is 1. The second-order valence-corrected chi connectivity index (χ2v) is 6.64. The van der Waals surface area contributed by atoms with Crippen molar-refractivity contribution >= 4 is 17.8 Å². The molecule has 0 atom stereocenters. The summed E-state index contributed by atoms with van der Waals surface area (Å²) in [5.74, 6) is 1.18. The first-order valence-corrected chi connectivity index (χ1v) is 8.92. The molecule has 1 aliphatic heterocycles. The van der Waals surface area contributed by atoms with Gasteiger partial charge in [0.1, 0.15) is 5.82 Å². The second-order valence-electron chi connectivity index (χ2n) is 6.64. The minimum absolute atomic E-state index is 0.0666. The van der Waals surface area contributed by atoms with E-state index in [-0.39, 0.29) is 18.0 Å². The number of carbonyl (C=O) groups excluding carboxylic acids is 2. The van der Waals surface area contributed by atoms with Crippen molar-refractivity contribution in [2.45, 2.75) is 39.7 Å². The maximum absolute atomic E-state index is 12.3. The van der Waals surface area contributed by atoms with Gasteiger partial charge in [-0.1, -0.05) is 13.8 Å². The van der Waals surface area contributed by atoms with Gasteiger partial charge in [0, 0.05) is 31.9 Å². The topological polar surface area (TPSA) is 83.6 Å². The number of anilines is 1. The first kappa shape index (κ1) is 19.0. The van der Waals surface area contributed by atoms with Crippen molar-refractivity contribution in [3.63, 3.8) is 0 Å². The van der Waals surface area contributed by atoms with Crippen LogP contribution in [-0.4, -0.2) is 54.2 Å². The van der Waals surface area contributed by atoms with Gasteiger partial charge in [0.2, 0.25) is 0 Å². The zero-order chi connectivity index (χ0) is 18.2. The summed E-state index contributed by atoms with van der Waals surface area (Å²) in [6, 6.07) is 3.66. The summed E-state index contributed by atoms with van der Waals surface area (Å²) < 4.78 is 5.00. The molecule has 7 nitrogen and oxygen atoms in total. The first-order chi connectivity index (χ1) is 12.0. The van der Waals surface area contributed by atoms with Crippen LogP contribution in [0.4, 0.5) is 10.6 Å². The van der Waals surface area contributed by atoms with Crippen molar-refractivity contribution in [1.82, 2.24) is 15.2 Å². The summed E-state index contributed by atoms with van der Waals surface area (Å²) in [4.78, 5) is 30.0. The average Bonchev–Trinajstić information content (AvgIpc) is 2.61. The first-order valence-electron chi connectivity index (χ1n) is 8.92. The highest BCUT2D eigenvalue weighted by molar-refractivity contribution is 5.94. The average molecular weight is 348 g/mol. The summed E-state index contributed by atoms with van der Waals surface area (Å²) in [6.45, 7) is 8.47. The van der Waals surface area contributed by atoms with Crippen LogP contribution in [0.25, 0.3) is 0 Å². The van der Waals surface area contributed by atoms with E-state index in [0.29, 0.717) is 31.2 Å². The summed E-state index contributed by atoms with van der Waals surface area (Å²) in [5, 5.41) is 6.24. The molecule has 0 bridgehead atoms. The molecular formula is C18H28N4O3. The lowest BCUT2D eigenvalue weighted by Gasteiger charge is -2.31. The summed E-state index contributed by atoms with van der Waals surface area (Å²) in [5.41, 5.74) is 0.544. The number of aromatic nitrogens is 1. The Kier molecular flexibility index (Phi) is 7.03. The van der Waals surface area contributed by atoms with Gasteiger partial charge in [0.15, 0.2) is 0 Å². The number of hydrogen-bond donors (Lipinski definition) is 2. The van der Waals surface area contributed by atoms with E-state index in [4.69, 9.17) is 4.74 Å². The van der Waals surface area contributed by atoms with Crippen LogP contribution in [0.2, 0.25) is 0 Å². The monoisotopic (exact) mass is 348 g/mol. The largest absolute Gasteiger partial charge is 0.450 e. The van der Waals surface area contributed by atoms with E-state index in [0.717, 1.165) is 25.2 Å². The van der Waals surface area contributed by atoms with Crippen LogP contribution in [-0.2, 0) is 4.74 Å². The van der Waals surface area contributed by atoms with Crippen molar-refractivity contribution in [2.24, 2.45) is 5.92 Å². The molecule has 2 N–H and O–H groups in total. The number of piperidine rings is 1. The second kappa shape index (κ2) is 9.25. The lowest BCUT2D eigenvalue weighted by Crippen LogP contribution is -2.46. The molecule has 0 spiro atoms. The third kappa shape index (κ3) is 5.92. The van der Waals surface area contributed by atoms with E-state index >= 15 is 0 Å². The van der Waals surface area contributed by atoms with E-state index in [1.54, 1.807) is 24.1 Å². The predicted octanol–water partition coefficient (Wildman–Crippen LogP) is 2.50. The number of likely N-dealkylation sites (tertiary alicyclic amines) is 1. The zero-order valence-corrected chi connectivity index (χ0v) is 15.2. The van der Waals surface area contributed by atoms with E-state index < -0.39 is 0 Å². The summed E-state index contributed by atoms with van der Waals surface area (Å²) >= 11 is 0. The van der Waals surface area contributed by atoms with Gasteiger partial charge in [-0.2, -0.15) is 0 Å². The number of amides is 2. The Bertz CT molecular complexity index is 566. The minimum Gasteiger partial charge on any atom is -0.450 e. The molecule has 1 fully saturated rings. The maximum Gasteiger partial charge on any atom is 0.409 e. The lowest BCUT2D eigenvalue weighted by molar-refractivity contribution is 0.0860. The molecule has 25 heavy (non-hydrogen) atoms. The fourth-order valence-corrected chi connectivity index (χ4v) is 2.63. The van der Waals surface area contributed by atoms with E-state index in [1.165, 1.54) is 0 Å². The fraction of sp³-hybridized carbons (Fsp3) is 0.611. The molecule has 1 saturated heterocycles.